The maximum Gasteiger partial charge on any atom is 0.203 e. The molecule has 6 heteroatoms. The molecule has 2 aromatic rings. The molecule has 0 saturated heterocycles. The van der Waals surface area contributed by atoms with E-state index in [1.165, 1.54) is 0 Å². The molecule has 0 saturated carbocycles. The quantitative estimate of drug-likeness (QED) is 0.758. The summed E-state index contributed by atoms with van der Waals surface area (Å²) in [5.74, 6) is 0.560. The summed E-state index contributed by atoms with van der Waals surface area (Å²) in [6, 6.07) is 1.74. The van der Waals surface area contributed by atoms with Gasteiger partial charge < -0.3 is 0 Å². The number of hydrogen-bond acceptors (Lipinski definition) is 4. The van der Waals surface area contributed by atoms with Crippen LogP contribution in [-0.4, -0.2) is 14.3 Å². The molecule has 3 nitrogen and oxygen atoms in total. The Hall–Kier alpha value is -0.710. The summed E-state index contributed by atoms with van der Waals surface area (Å²) in [5.41, 5.74) is 0.774. The summed E-state index contributed by atoms with van der Waals surface area (Å²) in [6.45, 7) is 0. The first kappa shape index (κ1) is 8.87. The van der Waals surface area contributed by atoms with Crippen LogP contribution in [0.1, 0.15) is 0 Å². The molecule has 0 unspecified atom stereocenters. The third-order valence-electron chi connectivity index (χ3n) is 1.36. The lowest BCUT2D eigenvalue weighted by molar-refractivity contribution is 1.27. The van der Waals surface area contributed by atoms with Gasteiger partial charge in [0, 0.05) is 18.0 Å². The molecule has 0 aliphatic carbocycles. The van der Waals surface area contributed by atoms with Gasteiger partial charge >= 0.3 is 0 Å². The molecular weight excluding hydrogens is 229 g/mol. The fraction of sp³-hybridized carbons (Fsp3) is 0. The molecule has 0 amide bonds. The van der Waals surface area contributed by atoms with Crippen LogP contribution in [0, 0.1) is 0 Å². The van der Waals surface area contributed by atoms with E-state index >= 15 is 0 Å². The van der Waals surface area contributed by atoms with Gasteiger partial charge in [-0.25, -0.2) is 4.98 Å². The van der Waals surface area contributed by atoms with Crippen LogP contribution in [0.4, 0.5) is 0 Å². The molecule has 0 aliphatic heterocycles. The van der Waals surface area contributed by atoms with Gasteiger partial charge in [-0.15, -0.1) is 0 Å². The summed E-state index contributed by atoms with van der Waals surface area (Å²) in [4.78, 5) is 7.92. The Kier molecular flexibility index (Phi) is 2.44. The minimum absolute atomic E-state index is 0.412. The molecule has 66 valence electrons. The summed E-state index contributed by atoms with van der Waals surface area (Å²) in [7, 11) is 0. The van der Waals surface area contributed by atoms with Crippen LogP contribution >= 0.6 is 34.7 Å². The average Bonchev–Trinajstić information content (AvgIpc) is 2.52. The van der Waals surface area contributed by atoms with Crippen molar-refractivity contribution >= 4 is 34.7 Å². The number of rotatable bonds is 1. The smallest absolute Gasteiger partial charge is 0.203 e. The summed E-state index contributed by atoms with van der Waals surface area (Å²) in [5, 5.41) is 0.559. The van der Waals surface area contributed by atoms with Gasteiger partial charge in [-0.1, -0.05) is 11.6 Å². The zero-order valence-electron chi connectivity index (χ0n) is 6.24. The summed E-state index contributed by atoms with van der Waals surface area (Å²) < 4.78 is 4.44. The first-order chi connectivity index (χ1) is 6.25. The molecule has 13 heavy (non-hydrogen) atoms. The lowest BCUT2D eigenvalue weighted by atomic mass is 10.3. The van der Waals surface area contributed by atoms with Crippen LogP contribution in [0.25, 0.3) is 11.4 Å². The van der Waals surface area contributed by atoms with Crippen molar-refractivity contribution < 1.29 is 0 Å². The second-order valence-corrected chi connectivity index (χ2v) is 4.03. The lowest BCUT2D eigenvalue weighted by Crippen LogP contribution is -1.81. The molecule has 0 aromatic carbocycles. The van der Waals surface area contributed by atoms with Crippen molar-refractivity contribution in [3.63, 3.8) is 0 Å². The van der Waals surface area contributed by atoms with Gasteiger partial charge in [-0.05, 0) is 29.2 Å². The van der Waals surface area contributed by atoms with Crippen molar-refractivity contribution in [2.45, 2.75) is 0 Å². The lowest BCUT2D eigenvalue weighted by Gasteiger charge is -1.93. The Morgan fingerprint density at radius 3 is 2.69 bits per heavy atom. The Morgan fingerprint density at radius 2 is 2.08 bits per heavy atom. The number of aromatic nitrogens is 3. The van der Waals surface area contributed by atoms with Crippen molar-refractivity contribution in [1.82, 2.24) is 14.3 Å². The molecule has 2 heterocycles. The van der Waals surface area contributed by atoms with Crippen LogP contribution in [-0.2, 0) is 0 Å². The van der Waals surface area contributed by atoms with Gasteiger partial charge in [0.25, 0.3) is 0 Å². The first-order valence-corrected chi connectivity index (χ1v) is 4.89. The van der Waals surface area contributed by atoms with Crippen LogP contribution in [0.5, 0.6) is 0 Å². The molecule has 2 aromatic heterocycles. The summed E-state index contributed by atoms with van der Waals surface area (Å²) in [6.07, 6.45) is 3.20. The Morgan fingerprint density at radius 1 is 1.23 bits per heavy atom. The normalized spacial score (nSPS) is 10.3. The Balaban J connectivity index is 2.46. The third-order valence-corrected chi connectivity index (χ3v) is 2.37. The SMILES string of the molecule is Clc1cncc(-c2nsc(Cl)n2)c1. The monoisotopic (exact) mass is 231 g/mol. The molecule has 0 atom stereocenters. The van der Waals surface area contributed by atoms with Crippen LogP contribution in [0.2, 0.25) is 9.49 Å². The predicted molar refractivity (Wildman–Crippen MR) is 53.2 cm³/mol. The van der Waals surface area contributed by atoms with Crippen molar-refractivity contribution in [3.05, 3.63) is 27.9 Å². The fourth-order valence-electron chi connectivity index (χ4n) is 0.856. The highest BCUT2D eigenvalue weighted by Crippen LogP contribution is 2.22. The zero-order valence-corrected chi connectivity index (χ0v) is 8.57. The second kappa shape index (κ2) is 3.57. The van der Waals surface area contributed by atoms with Crippen molar-refractivity contribution in [3.8, 4) is 11.4 Å². The largest absolute Gasteiger partial charge is 0.262 e. The van der Waals surface area contributed by atoms with Gasteiger partial charge in [-0.2, -0.15) is 4.37 Å². The maximum atomic E-state index is 5.75. The van der Waals surface area contributed by atoms with E-state index in [4.69, 9.17) is 23.2 Å². The van der Waals surface area contributed by atoms with Crippen molar-refractivity contribution in [2.24, 2.45) is 0 Å². The van der Waals surface area contributed by atoms with E-state index in [0.29, 0.717) is 15.3 Å². The average molecular weight is 232 g/mol. The molecule has 0 aliphatic rings. The minimum atomic E-state index is 0.412. The van der Waals surface area contributed by atoms with Gasteiger partial charge in [0.2, 0.25) is 4.47 Å². The number of pyridine rings is 1. The van der Waals surface area contributed by atoms with Crippen molar-refractivity contribution in [2.75, 3.05) is 0 Å². The molecular formula is C7H3Cl2N3S. The van der Waals surface area contributed by atoms with E-state index in [1.54, 1.807) is 18.5 Å². The first-order valence-electron chi connectivity index (χ1n) is 3.36. The van der Waals surface area contributed by atoms with Gasteiger partial charge in [0.1, 0.15) is 0 Å². The predicted octanol–water partition coefficient (Wildman–Crippen LogP) is 2.91. The van der Waals surface area contributed by atoms with E-state index in [9.17, 15) is 0 Å². The van der Waals surface area contributed by atoms with E-state index in [0.717, 1.165) is 17.1 Å². The molecule has 0 radical (unpaired) electrons. The highest BCUT2D eigenvalue weighted by atomic mass is 35.5. The van der Waals surface area contributed by atoms with Crippen LogP contribution in [0.15, 0.2) is 18.5 Å². The standard InChI is InChI=1S/C7H3Cl2N3S/c8-5-1-4(2-10-3-5)6-11-7(9)13-12-6/h1-3H. The van der Waals surface area contributed by atoms with Gasteiger partial charge in [0.15, 0.2) is 5.82 Å². The fourth-order valence-corrected chi connectivity index (χ4v) is 1.65. The zero-order chi connectivity index (χ0) is 9.26. The van der Waals surface area contributed by atoms with E-state index in [-0.39, 0.29) is 0 Å². The second-order valence-electron chi connectivity index (χ2n) is 2.26. The van der Waals surface area contributed by atoms with Crippen LogP contribution < -0.4 is 0 Å². The minimum Gasteiger partial charge on any atom is -0.262 e. The van der Waals surface area contributed by atoms with Gasteiger partial charge in [-0.3, -0.25) is 4.98 Å². The van der Waals surface area contributed by atoms with Crippen molar-refractivity contribution in [1.29, 1.82) is 0 Å². The van der Waals surface area contributed by atoms with E-state index in [1.807, 2.05) is 0 Å². The van der Waals surface area contributed by atoms with Crippen LogP contribution in [0.3, 0.4) is 0 Å². The molecule has 0 spiro atoms. The molecule has 2 rings (SSSR count). The van der Waals surface area contributed by atoms with Gasteiger partial charge in [0.05, 0.1) is 5.02 Å². The number of halogens is 2. The highest BCUT2D eigenvalue weighted by molar-refractivity contribution is 7.10. The molecule has 0 bridgehead atoms. The Labute approximate surface area is 88.5 Å². The highest BCUT2D eigenvalue weighted by Gasteiger charge is 2.05. The van der Waals surface area contributed by atoms with E-state index in [2.05, 4.69) is 14.3 Å². The molecule has 0 N–H and O–H groups in total. The summed E-state index contributed by atoms with van der Waals surface area (Å²) >= 11 is 12.5. The molecule has 0 fully saturated rings. The number of nitrogens with zero attached hydrogens (tertiary/aromatic N) is 3. The van der Waals surface area contributed by atoms with E-state index < -0.39 is 0 Å². The number of hydrogen-bond donors (Lipinski definition) is 0. The topological polar surface area (TPSA) is 38.7 Å². The maximum absolute atomic E-state index is 5.75. The Bertz CT molecular complexity index is 429. The third kappa shape index (κ3) is 1.96.